The molecule has 0 atom stereocenters. The van der Waals surface area contributed by atoms with Gasteiger partial charge in [-0.3, -0.25) is 9.59 Å². The Morgan fingerprint density at radius 2 is 2.12 bits per heavy atom. The highest BCUT2D eigenvalue weighted by Crippen LogP contribution is 2.52. The van der Waals surface area contributed by atoms with Crippen LogP contribution in [0.2, 0.25) is 0 Å². The highest BCUT2D eigenvalue weighted by atomic mass is 16.5. The third-order valence-corrected chi connectivity index (χ3v) is 6.43. The predicted molar refractivity (Wildman–Crippen MR) is 95.4 cm³/mol. The highest BCUT2D eigenvalue weighted by molar-refractivity contribution is 5.81. The number of H-pyrrole nitrogens is 1. The van der Waals surface area contributed by atoms with E-state index in [-0.39, 0.29) is 23.2 Å². The van der Waals surface area contributed by atoms with E-state index in [1.54, 1.807) is 6.20 Å². The molecule has 5 rings (SSSR count). The predicted octanol–water partition coefficient (Wildman–Crippen LogP) is 2.61. The molecule has 1 N–H and O–H groups in total. The van der Waals surface area contributed by atoms with Crippen LogP contribution >= 0.6 is 0 Å². The van der Waals surface area contributed by atoms with Crippen molar-refractivity contribution in [3.8, 4) is 0 Å². The van der Waals surface area contributed by atoms with Gasteiger partial charge in [0.05, 0.1) is 13.0 Å². The zero-order chi connectivity index (χ0) is 17.7. The van der Waals surface area contributed by atoms with Crippen LogP contribution in [0.25, 0.3) is 11.0 Å². The molecule has 0 radical (unpaired) electrons. The lowest BCUT2D eigenvalue weighted by atomic mass is 9.61. The first-order chi connectivity index (χ1) is 12.6. The van der Waals surface area contributed by atoms with Crippen LogP contribution < -0.4 is 0 Å². The number of ether oxygens (including phenoxy) is 1. The van der Waals surface area contributed by atoms with E-state index in [0.717, 1.165) is 49.8 Å². The highest BCUT2D eigenvalue weighted by Gasteiger charge is 2.53. The van der Waals surface area contributed by atoms with E-state index < -0.39 is 0 Å². The van der Waals surface area contributed by atoms with Crippen LogP contribution in [0.1, 0.15) is 43.7 Å². The molecule has 2 aromatic heterocycles. The minimum Gasteiger partial charge on any atom is -0.465 e. The second-order valence-electron chi connectivity index (χ2n) is 8.21. The monoisotopic (exact) mass is 353 g/mol. The lowest BCUT2D eigenvalue weighted by Gasteiger charge is -2.45. The fraction of sp³-hybridized carbons (Fsp3) is 0.550. The maximum absolute atomic E-state index is 12.8. The number of likely N-dealkylation sites (tertiary alicyclic amines) is 1. The Morgan fingerprint density at radius 3 is 2.81 bits per heavy atom. The summed E-state index contributed by atoms with van der Waals surface area (Å²) in [5, 5.41) is 1.15. The summed E-state index contributed by atoms with van der Waals surface area (Å²) in [4.78, 5) is 33.9. The van der Waals surface area contributed by atoms with Gasteiger partial charge in [0.1, 0.15) is 5.65 Å². The molecule has 0 bridgehead atoms. The molecule has 1 aliphatic carbocycles. The van der Waals surface area contributed by atoms with Crippen molar-refractivity contribution >= 4 is 22.9 Å². The largest absolute Gasteiger partial charge is 0.465 e. The van der Waals surface area contributed by atoms with Gasteiger partial charge >= 0.3 is 5.97 Å². The SMILES string of the molecule is O=C1CC2(CO1)CC(C(=O)N1CCC(c3cc4cccnc4[nH]3)CC1)C2. The van der Waals surface area contributed by atoms with Crippen LogP contribution in [0.5, 0.6) is 0 Å². The van der Waals surface area contributed by atoms with Crippen LogP contribution in [0.15, 0.2) is 24.4 Å². The number of hydrogen-bond donors (Lipinski definition) is 1. The van der Waals surface area contributed by atoms with Crippen molar-refractivity contribution in [1.29, 1.82) is 0 Å². The number of carbonyl (C=O) groups excluding carboxylic acids is 2. The number of nitrogens with zero attached hydrogens (tertiary/aromatic N) is 2. The fourth-order valence-electron chi connectivity index (χ4n) is 4.93. The number of rotatable bonds is 2. The standard InChI is InChI=1S/C20H23N3O3/c24-17-11-20(12-26-17)9-15(10-20)19(25)23-6-3-13(4-7-23)16-8-14-2-1-5-21-18(14)22-16/h1-2,5,8,13,15H,3-4,6-7,9-12H2,(H,21,22). The van der Waals surface area contributed by atoms with Crippen molar-refractivity contribution in [2.24, 2.45) is 11.3 Å². The Bertz CT molecular complexity index is 827. The summed E-state index contributed by atoms with van der Waals surface area (Å²) >= 11 is 0. The lowest BCUT2D eigenvalue weighted by molar-refractivity contribution is -0.144. The van der Waals surface area contributed by atoms with Gasteiger partial charge in [-0.1, -0.05) is 0 Å². The van der Waals surface area contributed by atoms with Crippen LogP contribution in [0, 0.1) is 11.3 Å². The van der Waals surface area contributed by atoms with Gasteiger partial charge in [-0.15, -0.1) is 0 Å². The molecule has 3 fully saturated rings. The van der Waals surface area contributed by atoms with Gasteiger partial charge in [-0.05, 0) is 43.9 Å². The maximum atomic E-state index is 12.8. The number of aromatic amines is 1. The van der Waals surface area contributed by atoms with Crippen LogP contribution in [-0.4, -0.2) is 46.4 Å². The summed E-state index contributed by atoms with van der Waals surface area (Å²) < 4.78 is 5.10. The normalized spacial score (nSPS) is 29.2. The minimum absolute atomic E-state index is 0.0346. The van der Waals surface area contributed by atoms with Crippen LogP contribution in [0.4, 0.5) is 0 Å². The molecule has 1 saturated carbocycles. The van der Waals surface area contributed by atoms with Crippen molar-refractivity contribution < 1.29 is 14.3 Å². The van der Waals surface area contributed by atoms with E-state index in [9.17, 15) is 9.59 Å². The van der Waals surface area contributed by atoms with Gasteiger partial charge in [-0.25, -0.2) is 4.98 Å². The molecular formula is C20H23N3O3. The number of hydrogen-bond acceptors (Lipinski definition) is 4. The summed E-state index contributed by atoms with van der Waals surface area (Å²) in [6.07, 6.45) is 5.89. The fourth-order valence-corrected chi connectivity index (χ4v) is 4.93. The molecule has 6 nitrogen and oxygen atoms in total. The number of piperidine rings is 1. The van der Waals surface area contributed by atoms with Crippen molar-refractivity contribution in [1.82, 2.24) is 14.9 Å². The number of aromatic nitrogens is 2. The number of nitrogens with one attached hydrogen (secondary N) is 1. The van der Waals surface area contributed by atoms with Crippen LogP contribution in [-0.2, 0) is 14.3 Å². The van der Waals surface area contributed by atoms with Crippen molar-refractivity contribution in [3.63, 3.8) is 0 Å². The average molecular weight is 353 g/mol. The van der Waals surface area contributed by atoms with E-state index in [1.165, 1.54) is 5.69 Å². The number of carbonyl (C=O) groups is 2. The lowest BCUT2D eigenvalue weighted by Crippen LogP contribution is -2.49. The Kier molecular flexibility index (Phi) is 3.55. The third-order valence-electron chi connectivity index (χ3n) is 6.43. The third kappa shape index (κ3) is 2.59. The first kappa shape index (κ1) is 15.9. The van der Waals surface area contributed by atoms with E-state index in [1.807, 2.05) is 11.0 Å². The summed E-state index contributed by atoms with van der Waals surface area (Å²) in [5.41, 5.74) is 2.14. The van der Waals surface area contributed by atoms with Gasteiger partial charge in [0.25, 0.3) is 0 Å². The molecule has 2 aliphatic heterocycles. The molecule has 2 saturated heterocycles. The number of fused-ring (bicyclic) bond motifs is 1. The Labute approximate surface area is 151 Å². The van der Waals surface area contributed by atoms with E-state index >= 15 is 0 Å². The molecule has 4 heterocycles. The summed E-state index contributed by atoms with van der Waals surface area (Å²) in [6, 6.07) is 6.22. The molecule has 6 heteroatoms. The Morgan fingerprint density at radius 1 is 1.31 bits per heavy atom. The molecular weight excluding hydrogens is 330 g/mol. The first-order valence-corrected chi connectivity index (χ1v) is 9.50. The van der Waals surface area contributed by atoms with Crippen molar-refractivity contribution in [2.75, 3.05) is 19.7 Å². The minimum atomic E-state index is -0.107. The van der Waals surface area contributed by atoms with E-state index in [0.29, 0.717) is 18.9 Å². The summed E-state index contributed by atoms with van der Waals surface area (Å²) in [7, 11) is 0. The molecule has 0 unspecified atom stereocenters. The molecule has 0 aromatic carbocycles. The number of pyridine rings is 1. The smallest absolute Gasteiger partial charge is 0.306 e. The van der Waals surface area contributed by atoms with E-state index in [2.05, 4.69) is 22.1 Å². The van der Waals surface area contributed by atoms with Gasteiger partial charge in [-0.2, -0.15) is 0 Å². The van der Waals surface area contributed by atoms with Crippen LogP contribution in [0.3, 0.4) is 0 Å². The topological polar surface area (TPSA) is 75.3 Å². The second kappa shape index (κ2) is 5.83. The second-order valence-corrected chi connectivity index (χ2v) is 8.21. The van der Waals surface area contributed by atoms with Crippen molar-refractivity contribution in [3.05, 3.63) is 30.1 Å². The van der Waals surface area contributed by atoms with Gasteiger partial charge < -0.3 is 14.6 Å². The van der Waals surface area contributed by atoms with Crippen molar-refractivity contribution in [2.45, 2.75) is 38.0 Å². The summed E-state index contributed by atoms with van der Waals surface area (Å²) in [5.74, 6) is 0.705. The Balaban J connectivity index is 1.18. The number of amides is 1. The summed E-state index contributed by atoms with van der Waals surface area (Å²) in [6.45, 7) is 2.13. The Hall–Kier alpha value is -2.37. The molecule has 1 amide bonds. The van der Waals surface area contributed by atoms with Gasteiger partial charge in [0, 0.05) is 47.6 Å². The molecule has 26 heavy (non-hydrogen) atoms. The molecule has 1 spiro atoms. The maximum Gasteiger partial charge on any atom is 0.306 e. The first-order valence-electron chi connectivity index (χ1n) is 9.50. The number of cyclic esters (lactones) is 1. The average Bonchev–Trinajstić information content (AvgIpc) is 3.23. The molecule has 3 aliphatic rings. The quantitative estimate of drug-likeness (QED) is 0.842. The molecule has 136 valence electrons. The van der Waals surface area contributed by atoms with E-state index in [4.69, 9.17) is 4.74 Å². The number of esters is 1. The zero-order valence-corrected chi connectivity index (χ0v) is 14.7. The van der Waals surface area contributed by atoms with Gasteiger partial charge in [0.2, 0.25) is 5.91 Å². The molecule has 2 aromatic rings. The zero-order valence-electron chi connectivity index (χ0n) is 14.7. The van der Waals surface area contributed by atoms with Gasteiger partial charge in [0.15, 0.2) is 0 Å².